The number of hydrogen-bond donors (Lipinski definition) is 0. The van der Waals surface area contributed by atoms with Gasteiger partial charge >= 0.3 is 0 Å². The zero-order chi connectivity index (χ0) is 10.8. The minimum absolute atomic E-state index is 0.272. The first kappa shape index (κ1) is 10.1. The normalized spacial score (nSPS) is 10.6. The fourth-order valence-corrected chi connectivity index (χ4v) is 1.69. The molecular formula is C10H11ClN4. The number of rotatable bonds is 2. The molecule has 0 aliphatic rings. The highest BCUT2D eigenvalue weighted by atomic mass is 35.5. The van der Waals surface area contributed by atoms with E-state index in [2.05, 4.69) is 15.1 Å². The molecule has 4 nitrogen and oxygen atoms in total. The maximum absolute atomic E-state index is 5.81. The molecule has 0 spiro atoms. The summed E-state index contributed by atoms with van der Waals surface area (Å²) in [6.45, 7) is 4.73. The lowest BCUT2D eigenvalue weighted by Gasteiger charge is -2.04. The highest BCUT2D eigenvalue weighted by Crippen LogP contribution is 2.18. The Morgan fingerprint density at radius 1 is 1.40 bits per heavy atom. The van der Waals surface area contributed by atoms with Crippen LogP contribution >= 0.6 is 11.6 Å². The van der Waals surface area contributed by atoms with Gasteiger partial charge in [-0.25, -0.2) is 9.97 Å². The van der Waals surface area contributed by atoms with E-state index in [0.717, 1.165) is 23.6 Å². The molecular weight excluding hydrogens is 212 g/mol. The lowest BCUT2D eigenvalue weighted by molar-refractivity contribution is 0.665. The zero-order valence-electron chi connectivity index (χ0n) is 8.61. The summed E-state index contributed by atoms with van der Waals surface area (Å²) in [5.41, 5.74) is 2.63. The molecule has 2 aromatic rings. The second-order valence-electron chi connectivity index (χ2n) is 3.20. The second kappa shape index (κ2) is 3.98. The van der Waals surface area contributed by atoms with Crippen LogP contribution < -0.4 is 0 Å². The first-order valence-corrected chi connectivity index (χ1v) is 5.12. The van der Waals surface area contributed by atoms with Crippen molar-refractivity contribution in [2.75, 3.05) is 0 Å². The van der Waals surface area contributed by atoms with E-state index in [0.29, 0.717) is 0 Å². The Kier molecular flexibility index (Phi) is 2.68. The number of aryl methyl sites for hydroxylation is 2. The number of halogens is 1. The first-order chi connectivity index (χ1) is 7.20. The molecule has 0 aliphatic carbocycles. The van der Waals surface area contributed by atoms with Crippen molar-refractivity contribution in [2.24, 2.45) is 0 Å². The van der Waals surface area contributed by atoms with Crippen LogP contribution in [0.1, 0.15) is 12.6 Å². The summed E-state index contributed by atoms with van der Waals surface area (Å²) < 4.78 is 1.87. The van der Waals surface area contributed by atoms with Gasteiger partial charge in [-0.1, -0.05) is 0 Å². The van der Waals surface area contributed by atoms with Gasteiger partial charge in [0.05, 0.1) is 11.4 Å². The van der Waals surface area contributed by atoms with Gasteiger partial charge < -0.3 is 0 Å². The Balaban J connectivity index is 2.53. The van der Waals surface area contributed by atoms with Crippen molar-refractivity contribution in [1.29, 1.82) is 0 Å². The fourth-order valence-electron chi connectivity index (χ4n) is 1.47. The lowest BCUT2D eigenvalue weighted by atomic mass is 10.2. The van der Waals surface area contributed by atoms with E-state index in [4.69, 9.17) is 11.6 Å². The van der Waals surface area contributed by atoms with Gasteiger partial charge in [0.25, 0.3) is 0 Å². The minimum atomic E-state index is 0.272. The molecule has 0 N–H and O–H groups in total. The molecule has 0 saturated heterocycles. The highest BCUT2D eigenvalue weighted by Gasteiger charge is 2.07. The van der Waals surface area contributed by atoms with Crippen molar-refractivity contribution >= 4 is 11.6 Å². The van der Waals surface area contributed by atoms with Crippen LogP contribution in [0.25, 0.3) is 11.4 Å². The van der Waals surface area contributed by atoms with Crippen LogP contribution in [0.15, 0.2) is 18.3 Å². The third-order valence-corrected chi connectivity index (χ3v) is 2.27. The molecule has 5 heteroatoms. The maximum atomic E-state index is 5.81. The van der Waals surface area contributed by atoms with Gasteiger partial charge in [-0.15, -0.1) is 0 Å². The Bertz CT molecular complexity index is 458. The quantitative estimate of drug-likeness (QED) is 0.733. The summed E-state index contributed by atoms with van der Waals surface area (Å²) in [5, 5.41) is 4.46. The summed E-state index contributed by atoms with van der Waals surface area (Å²) in [6, 6.07) is 3.82. The summed E-state index contributed by atoms with van der Waals surface area (Å²) in [6.07, 6.45) is 1.75. The zero-order valence-corrected chi connectivity index (χ0v) is 9.36. The predicted octanol–water partition coefficient (Wildman–Crippen LogP) is 2.32. The molecule has 0 bridgehead atoms. The fraction of sp³-hybridized carbons (Fsp3) is 0.300. The minimum Gasteiger partial charge on any atom is -0.264 e. The molecule has 0 aromatic carbocycles. The van der Waals surface area contributed by atoms with Gasteiger partial charge in [0.1, 0.15) is 0 Å². The summed E-state index contributed by atoms with van der Waals surface area (Å²) in [5.74, 6) is 0. The number of nitrogens with zero attached hydrogens (tertiary/aromatic N) is 4. The Hall–Kier alpha value is -1.42. The monoisotopic (exact) mass is 222 g/mol. The second-order valence-corrected chi connectivity index (χ2v) is 3.53. The van der Waals surface area contributed by atoms with E-state index in [1.807, 2.05) is 30.7 Å². The largest absolute Gasteiger partial charge is 0.264 e. The van der Waals surface area contributed by atoms with Gasteiger partial charge in [-0.05, 0) is 37.6 Å². The molecule has 15 heavy (non-hydrogen) atoms. The van der Waals surface area contributed by atoms with Gasteiger partial charge in [-0.3, -0.25) is 4.68 Å². The summed E-state index contributed by atoms with van der Waals surface area (Å²) in [7, 11) is 0. The average Bonchev–Trinajstić information content (AvgIpc) is 2.63. The van der Waals surface area contributed by atoms with E-state index in [-0.39, 0.29) is 5.28 Å². The van der Waals surface area contributed by atoms with Crippen LogP contribution in [0.3, 0.4) is 0 Å². The third-order valence-electron chi connectivity index (χ3n) is 2.11. The topological polar surface area (TPSA) is 43.6 Å². The van der Waals surface area contributed by atoms with Gasteiger partial charge in [0.2, 0.25) is 5.28 Å². The molecule has 2 rings (SSSR count). The molecule has 0 amide bonds. The summed E-state index contributed by atoms with van der Waals surface area (Å²) in [4.78, 5) is 8.20. The molecule has 0 radical (unpaired) electrons. The van der Waals surface area contributed by atoms with Crippen molar-refractivity contribution < 1.29 is 0 Å². The lowest BCUT2D eigenvalue weighted by Crippen LogP contribution is -2.01. The summed E-state index contributed by atoms with van der Waals surface area (Å²) >= 11 is 5.81. The van der Waals surface area contributed by atoms with E-state index < -0.39 is 0 Å². The van der Waals surface area contributed by atoms with Crippen LogP contribution in [0.5, 0.6) is 0 Å². The van der Waals surface area contributed by atoms with Crippen molar-refractivity contribution in [3.63, 3.8) is 0 Å². The Morgan fingerprint density at radius 2 is 2.20 bits per heavy atom. The first-order valence-electron chi connectivity index (χ1n) is 4.74. The molecule has 0 atom stereocenters. The van der Waals surface area contributed by atoms with Crippen LogP contribution in [-0.4, -0.2) is 19.7 Å². The van der Waals surface area contributed by atoms with E-state index in [1.54, 1.807) is 6.20 Å². The predicted molar refractivity (Wildman–Crippen MR) is 58.7 cm³/mol. The molecule has 0 unspecified atom stereocenters. The van der Waals surface area contributed by atoms with Crippen LogP contribution in [-0.2, 0) is 6.54 Å². The Labute approximate surface area is 92.9 Å². The van der Waals surface area contributed by atoms with Crippen molar-refractivity contribution in [2.45, 2.75) is 20.4 Å². The third kappa shape index (κ3) is 1.99. The SMILES string of the molecule is CCn1nccc1-c1cc(C)nc(Cl)n1. The van der Waals surface area contributed by atoms with E-state index >= 15 is 0 Å². The van der Waals surface area contributed by atoms with E-state index in [9.17, 15) is 0 Å². The average molecular weight is 223 g/mol. The maximum Gasteiger partial charge on any atom is 0.223 e. The standard InChI is InChI=1S/C10H11ClN4/c1-3-15-9(4-5-12-15)8-6-7(2)13-10(11)14-8/h4-6H,3H2,1-2H3. The number of aromatic nitrogens is 4. The highest BCUT2D eigenvalue weighted by molar-refractivity contribution is 6.28. The molecule has 2 aromatic heterocycles. The molecule has 0 saturated carbocycles. The molecule has 2 heterocycles. The number of hydrogen-bond acceptors (Lipinski definition) is 3. The smallest absolute Gasteiger partial charge is 0.223 e. The van der Waals surface area contributed by atoms with Crippen LogP contribution in [0, 0.1) is 6.92 Å². The van der Waals surface area contributed by atoms with E-state index in [1.165, 1.54) is 0 Å². The van der Waals surface area contributed by atoms with Crippen molar-refractivity contribution in [3.05, 3.63) is 29.3 Å². The van der Waals surface area contributed by atoms with Gasteiger partial charge in [-0.2, -0.15) is 5.10 Å². The molecule has 0 aliphatic heterocycles. The van der Waals surface area contributed by atoms with Crippen molar-refractivity contribution in [3.8, 4) is 11.4 Å². The molecule has 0 fully saturated rings. The Morgan fingerprint density at radius 3 is 2.87 bits per heavy atom. The van der Waals surface area contributed by atoms with Crippen molar-refractivity contribution in [1.82, 2.24) is 19.7 Å². The van der Waals surface area contributed by atoms with Gasteiger partial charge in [0.15, 0.2) is 0 Å². The van der Waals surface area contributed by atoms with Gasteiger partial charge in [0, 0.05) is 18.4 Å². The molecule has 78 valence electrons. The van der Waals surface area contributed by atoms with Crippen LogP contribution in [0.2, 0.25) is 5.28 Å². The van der Waals surface area contributed by atoms with Crippen LogP contribution in [0.4, 0.5) is 0 Å².